The van der Waals surface area contributed by atoms with Crippen LogP contribution in [0.5, 0.6) is 0 Å². The molecule has 0 bridgehead atoms. The Bertz CT molecular complexity index is 788. The molecule has 0 radical (unpaired) electrons. The first-order valence-electron chi connectivity index (χ1n) is 7.54. The molecular weight excluding hydrogens is 286 g/mol. The summed E-state index contributed by atoms with van der Waals surface area (Å²) in [6, 6.07) is 19.0. The molecule has 114 valence electrons. The summed E-state index contributed by atoms with van der Waals surface area (Å²) in [5, 5.41) is 0. The Morgan fingerprint density at radius 2 is 1.83 bits per heavy atom. The van der Waals surface area contributed by atoms with Crippen molar-refractivity contribution in [1.82, 2.24) is 9.97 Å². The van der Waals surface area contributed by atoms with Crippen molar-refractivity contribution in [1.29, 1.82) is 0 Å². The molecule has 0 aliphatic heterocycles. The smallest absolute Gasteiger partial charge is 0.276 e. The van der Waals surface area contributed by atoms with Crippen LogP contribution < -0.4 is 4.90 Å². The Kier molecular flexibility index (Phi) is 4.43. The minimum Gasteiger partial charge on any atom is -0.306 e. The van der Waals surface area contributed by atoms with Gasteiger partial charge in [0.15, 0.2) is 0 Å². The Morgan fingerprint density at radius 3 is 2.52 bits per heavy atom. The van der Waals surface area contributed by atoms with Crippen LogP contribution >= 0.6 is 0 Å². The minimum absolute atomic E-state index is 0.127. The van der Waals surface area contributed by atoms with Gasteiger partial charge in [0, 0.05) is 18.3 Å². The van der Waals surface area contributed by atoms with Gasteiger partial charge in [0.1, 0.15) is 5.69 Å². The zero-order valence-corrected chi connectivity index (χ0v) is 12.9. The van der Waals surface area contributed by atoms with Crippen LogP contribution in [-0.4, -0.2) is 22.4 Å². The number of carbonyl (C=O) groups is 1. The Labute approximate surface area is 135 Å². The Morgan fingerprint density at radius 1 is 1.00 bits per heavy atom. The third-order valence-electron chi connectivity index (χ3n) is 3.56. The van der Waals surface area contributed by atoms with Gasteiger partial charge in [0.05, 0.1) is 17.6 Å². The van der Waals surface area contributed by atoms with Crippen LogP contribution in [0.2, 0.25) is 0 Å². The van der Waals surface area contributed by atoms with Gasteiger partial charge in [-0.2, -0.15) is 0 Å². The fourth-order valence-corrected chi connectivity index (χ4v) is 2.42. The molecule has 2 aromatic heterocycles. The first kappa shape index (κ1) is 14.9. The second-order valence-electron chi connectivity index (χ2n) is 5.03. The van der Waals surface area contributed by atoms with Crippen molar-refractivity contribution >= 4 is 11.6 Å². The molecule has 0 aliphatic rings. The maximum Gasteiger partial charge on any atom is 0.276 e. The van der Waals surface area contributed by atoms with Crippen LogP contribution in [0, 0.1) is 0 Å². The topological polar surface area (TPSA) is 46.1 Å². The standard InChI is InChI=1S/C19H17N3O/c1-2-22(16-10-7-13-20-14-16)19(23)18-12-6-11-17(21-18)15-8-4-3-5-9-15/h3-14H,2H2,1H3. The number of nitrogens with zero attached hydrogens (tertiary/aromatic N) is 3. The summed E-state index contributed by atoms with van der Waals surface area (Å²) >= 11 is 0. The number of hydrogen-bond acceptors (Lipinski definition) is 3. The van der Waals surface area contributed by atoms with Gasteiger partial charge < -0.3 is 4.90 Å². The van der Waals surface area contributed by atoms with Crippen molar-refractivity contribution in [2.45, 2.75) is 6.92 Å². The van der Waals surface area contributed by atoms with Crippen LogP contribution in [0.25, 0.3) is 11.3 Å². The highest BCUT2D eigenvalue weighted by molar-refractivity contribution is 6.04. The molecule has 3 aromatic rings. The molecule has 3 rings (SSSR count). The largest absolute Gasteiger partial charge is 0.306 e. The van der Waals surface area contributed by atoms with E-state index in [-0.39, 0.29) is 5.91 Å². The lowest BCUT2D eigenvalue weighted by atomic mass is 10.1. The number of carbonyl (C=O) groups excluding carboxylic acids is 1. The van der Waals surface area contributed by atoms with Crippen molar-refractivity contribution in [2.24, 2.45) is 0 Å². The van der Waals surface area contributed by atoms with E-state index in [1.807, 2.05) is 61.5 Å². The molecule has 4 nitrogen and oxygen atoms in total. The Hall–Kier alpha value is -3.01. The third-order valence-corrected chi connectivity index (χ3v) is 3.56. The molecule has 0 unspecified atom stereocenters. The predicted octanol–water partition coefficient (Wildman–Crippen LogP) is 3.81. The average molecular weight is 303 g/mol. The highest BCUT2D eigenvalue weighted by Gasteiger charge is 2.18. The lowest BCUT2D eigenvalue weighted by Crippen LogP contribution is -2.31. The highest BCUT2D eigenvalue weighted by Crippen LogP contribution is 2.19. The fraction of sp³-hybridized carbons (Fsp3) is 0.105. The molecule has 0 N–H and O–H groups in total. The van der Waals surface area contributed by atoms with Gasteiger partial charge in [-0.3, -0.25) is 9.78 Å². The zero-order valence-electron chi connectivity index (χ0n) is 12.9. The molecule has 1 amide bonds. The quantitative estimate of drug-likeness (QED) is 0.736. The molecule has 0 spiro atoms. The molecule has 1 aromatic carbocycles. The monoisotopic (exact) mass is 303 g/mol. The van der Waals surface area contributed by atoms with E-state index in [1.54, 1.807) is 23.4 Å². The van der Waals surface area contributed by atoms with E-state index in [2.05, 4.69) is 9.97 Å². The number of anilines is 1. The van der Waals surface area contributed by atoms with Crippen LogP contribution in [-0.2, 0) is 0 Å². The molecule has 2 heterocycles. The van der Waals surface area contributed by atoms with Gasteiger partial charge in [0.2, 0.25) is 0 Å². The van der Waals surface area contributed by atoms with Crippen molar-refractivity contribution in [3.8, 4) is 11.3 Å². The second-order valence-corrected chi connectivity index (χ2v) is 5.03. The summed E-state index contributed by atoms with van der Waals surface area (Å²) in [5.74, 6) is -0.127. The van der Waals surface area contributed by atoms with Crippen LogP contribution in [0.3, 0.4) is 0 Å². The molecule has 0 saturated heterocycles. The van der Waals surface area contributed by atoms with Gasteiger partial charge in [-0.05, 0) is 31.2 Å². The lowest BCUT2D eigenvalue weighted by Gasteiger charge is -2.20. The summed E-state index contributed by atoms with van der Waals surface area (Å²) in [6.45, 7) is 2.49. The molecule has 4 heteroatoms. The van der Waals surface area contributed by atoms with Gasteiger partial charge in [0.25, 0.3) is 5.91 Å². The Balaban J connectivity index is 1.93. The molecule has 0 fully saturated rings. The number of hydrogen-bond donors (Lipinski definition) is 0. The number of amides is 1. The lowest BCUT2D eigenvalue weighted by molar-refractivity contribution is 0.0983. The van der Waals surface area contributed by atoms with Crippen LogP contribution in [0.1, 0.15) is 17.4 Å². The van der Waals surface area contributed by atoms with E-state index in [1.165, 1.54) is 0 Å². The summed E-state index contributed by atoms with van der Waals surface area (Å²) in [4.78, 5) is 23.1. The first-order chi connectivity index (χ1) is 11.3. The number of benzene rings is 1. The average Bonchev–Trinajstić information content (AvgIpc) is 2.64. The first-order valence-corrected chi connectivity index (χ1v) is 7.54. The third kappa shape index (κ3) is 3.26. The SMILES string of the molecule is CCN(C(=O)c1cccc(-c2ccccc2)n1)c1cccnc1. The number of rotatable bonds is 4. The van der Waals surface area contributed by atoms with Gasteiger partial charge in [-0.15, -0.1) is 0 Å². The summed E-state index contributed by atoms with van der Waals surface area (Å²) < 4.78 is 0. The molecule has 23 heavy (non-hydrogen) atoms. The van der Waals surface area contributed by atoms with E-state index < -0.39 is 0 Å². The minimum atomic E-state index is -0.127. The van der Waals surface area contributed by atoms with Crippen molar-refractivity contribution in [3.63, 3.8) is 0 Å². The number of aromatic nitrogens is 2. The van der Waals surface area contributed by atoms with Crippen LogP contribution in [0.4, 0.5) is 5.69 Å². The maximum atomic E-state index is 12.8. The molecule has 0 saturated carbocycles. The van der Waals surface area contributed by atoms with Gasteiger partial charge in [-0.1, -0.05) is 36.4 Å². The maximum absolute atomic E-state index is 12.8. The van der Waals surface area contributed by atoms with Crippen molar-refractivity contribution in [2.75, 3.05) is 11.4 Å². The summed E-state index contributed by atoms with van der Waals surface area (Å²) in [6.07, 6.45) is 3.37. The number of pyridine rings is 2. The fourth-order valence-electron chi connectivity index (χ4n) is 2.42. The molecular formula is C19H17N3O. The van der Waals surface area contributed by atoms with Crippen molar-refractivity contribution in [3.05, 3.63) is 78.8 Å². The van der Waals surface area contributed by atoms with Gasteiger partial charge >= 0.3 is 0 Å². The van der Waals surface area contributed by atoms with Crippen LogP contribution in [0.15, 0.2) is 73.1 Å². The molecule has 0 atom stereocenters. The van der Waals surface area contributed by atoms with E-state index in [0.29, 0.717) is 12.2 Å². The van der Waals surface area contributed by atoms with E-state index in [4.69, 9.17) is 0 Å². The molecule has 0 aliphatic carbocycles. The van der Waals surface area contributed by atoms with E-state index >= 15 is 0 Å². The van der Waals surface area contributed by atoms with E-state index in [9.17, 15) is 4.79 Å². The highest BCUT2D eigenvalue weighted by atomic mass is 16.2. The van der Waals surface area contributed by atoms with Crippen molar-refractivity contribution < 1.29 is 4.79 Å². The summed E-state index contributed by atoms with van der Waals surface area (Å²) in [7, 11) is 0. The second kappa shape index (κ2) is 6.83. The predicted molar refractivity (Wildman–Crippen MR) is 91.3 cm³/mol. The zero-order chi connectivity index (χ0) is 16.1. The van der Waals surface area contributed by atoms with E-state index in [0.717, 1.165) is 16.9 Å². The van der Waals surface area contributed by atoms with Gasteiger partial charge in [-0.25, -0.2) is 4.98 Å². The summed E-state index contributed by atoms with van der Waals surface area (Å²) in [5.41, 5.74) is 2.98. The normalized spacial score (nSPS) is 10.3.